The van der Waals surface area contributed by atoms with Gasteiger partial charge in [0.15, 0.2) is 11.4 Å². The molecule has 0 unspecified atom stereocenters. The van der Waals surface area contributed by atoms with Crippen molar-refractivity contribution in [3.63, 3.8) is 0 Å². The Kier molecular flexibility index (Phi) is 5.29. The molecule has 0 bridgehead atoms. The van der Waals surface area contributed by atoms with Crippen LogP contribution in [0.1, 0.15) is 31.4 Å². The fourth-order valence-corrected chi connectivity index (χ4v) is 6.25. The number of phenols is 1. The number of nitrogens with zero attached hydrogens (tertiary/aromatic N) is 1. The monoisotopic (exact) mass is 490 g/mol. The van der Waals surface area contributed by atoms with Crippen LogP contribution in [0.2, 0.25) is 0 Å². The van der Waals surface area contributed by atoms with Crippen LogP contribution in [0.4, 0.5) is 0 Å². The molecule has 1 heterocycles. The van der Waals surface area contributed by atoms with E-state index in [1.807, 2.05) is 6.07 Å². The van der Waals surface area contributed by atoms with Gasteiger partial charge < -0.3 is 26.2 Å². The van der Waals surface area contributed by atoms with E-state index in [1.54, 1.807) is 38.2 Å². The van der Waals surface area contributed by atoms with Crippen LogP contribution in [0, 0.1) is 23.7 Å². The van der Waals surface area contributed by atoms with Crippen LogP contribution < -0.4 is 5.73 Å². The molecule has 6 N–H and O–H groups in total. The van der Waals surface area contributed by atoms with Crippen molar-refractivity contribution in [2.24, 2.45) is 29.4 Å². The van der Waals surface area contributed by atoms with E-state index in [9.17, 15) is 34.8 Å². The Balaban J connectivity index is 1.75. The molecule has 2 aromatic rings. The minimum atomic E-state index is -2.61. The average molecular weight is 491 g/mol. The second kappa shape index (κ2) is 8.03. The number of aromatic nitrogens is 1. The maximum Gasteiger partial charge on any atom is 0.255 e. The Labute approximate surface area is 206 Å². The summed E-state index contributed by atoms with van der Waals surface area (Å²) in [6, 6.07) is 8.43. The fourth-order valence-electron chi connectivity index (χ4n) is 6.25. The van der Waals surface area contributed by atoms with Gasteiger partial charge in [0.1, 0.15) is 22.8 Å². The number of amides is 1. The maximum absolute atomic E-state index is 13.8. The van der Waals surface area contributed by atoms with Crippen LogP contribution >= 0.6 is 0 Å². The molecule has 1 aromatic heterocycles. The molecule has 9 heteroatoms. The van der Waals surface area contributed by atoms with Crippen LogP contribution in [-0.4, -0.2) is 48.5 Å². The number of Topliss-reactive ketones (excluding diaryl/α,β-unsaturated/α-hetero) is 2. The van der Waals surface area contributed by atoms with E-state index < -0.39 is 57.9 Å². The van der Waals surface area contributed by atoms with Crippen molar-refractivity contribution in [1.29, 1.82) is 0 Å². The Bertz CT molecular complexity index is 1390. The van der Waals surface area contributed by atoms with Crippen molar-refractivity contribution in [2.75, 3.05) is 0 Å². The van der Waals surface area contributed by atoms with Crippen molar-refractivity contribution in [2.45, 2.75) is 32.3 Å². The van der Waals surface area contributed by atoms with E-state index >= 15 is 0 Å². The number of pyridine rings is 1. The molecule has 0 saturated heterocycles. The predicted molar refractivity (Wildman–Crippen MR) is 128 cm³/mol. The summed E-state index contributed by atoms with van der Waals surface area (Å²) in [4.78, 5) is 43.5. The van der Waals surface area contributed by atoms with Crippen molar-refractivity contribution in [1.82, 2.24) is 4.98 Å². The highest BCUT2D eigenvalue weighted by molar-refractivity contribution is 6.23. The third kappa shape index (κ3) is 3.05. The van der Waals surface area contributed by atoms with Gasteiger partial charge in [-0.3, -0.25) is 19.4 Å². The summed E-state index contributed by atoms with van der Waals surface area (Å²) in [6.07, 6.45) is 1.91. The molecule has 3 aliphatic carbocycles. The lowest BCUT2D eigenvalue weighted by molar-refractivity contribution is -0.155. The standard InChI is InChI=1S/C27H26N2O7/c1-11(2)18-15-10-12-9-14-13(16-5-3-4-8-29-16)6-7-17(30)20(14)23(32)19(12)24(33)27(15,36)25(34)21(22(18)31)26(28)35/h3-8,11-12,15,18,30,32,34,36H,9-10H2,1-2H3,(H2,28,35)/t12-,15-,18-,27-/m0/s1. The normalized spacial score (nSPS) is 27.6. The molecule has 36 heavy (non-hydrogen) atoms. The summed E-state index contributed by atoms with van der Waals surface area (Å²) >= 11 is 0. The number of carbonyl (C=O) groups excluding carboxylic acids is 3. The Morgan fingerprint density at radius 1 is 1.14 bits per heavy atom. The second-order valence-corrected chi connectivity index (χ2v) is 10.0. The molecule has 0 spiro atoms. The molecular formula is C27H26N2O7. The van der Waals surface area contributed by atoms with Gasteiger partial charge in [0.2, 0.25) is 5.78 Å². The van der Waals surface area contributed by atoms with Crippen LogP contribution in [0.25, 0.3) is 17.0 Å². The number of aliphatic hydroxyl groups is 3. The van der Waals surface area contributed by atoms with E-state index in [1.165, 1.54) is 6.07 Å². The number of hydrogen-bond donors (Lipinski definition) is 5. The smallest absolute Gasteiger partial charge is 0.255 e. The van der Waals surface area contributed by atoms with E-state index in [-0.39, 0.29) is 35.6 Å². The first-order chi connectivity index (χ1) is 17.0. The molecule has 1 fully saturated rings. The summed E-state index contributed by atoms with van der Waals surface area (Å²) in [7, 11) is 0. The van der Waals surface area contributed by atoms with Crippen molar-refractivity contribution < 1.29 is 34.8 Å². The zero-order valence-electron chi connectivity index (χ0n) is 19.7. The number of fused-ring (bicyclic) bond motifs is 3. The molecule has 1 saturated carbocycles. The molecule has 0 aliphatic heterocycles. The molecule has 186 valence electrons. The van der Waals surface area contributed by atoms with Gasteiger partial charge in [-0.05, 0) is 54.5 Å². The SMILES string of the molecule is CC(C)[C@@H]1C(=O)C(C(N)=O)=C(O)[C@@]2(O)C(=O)C3=C(O)c4c(O)ccc(-c5ccccn5)c4C[C@H]3C[C@@H]12. The summed E-state index contributed by atoms with van der Waals surface area (Å²) in [5.74, 6) is -7.81. The third-order valence-electron chi connectivity index (χ3n) is 7.79. The molecule has 1 aromatic carbocycles. The Hall–Kier alpha value is -3.98. The number of carbonyl (C=O) groups is 3. The van der Waals surface area contributed by atoms with Crippen molar-refractivity contribution in [3.8, 4) is 17.0 Å². The topological polar surface area (TPSA) is 171 Å². The van der Waals surface area contributed by atoms with E-state index in [0.29, 0.717) is 16.8 Å². The highest BCUT2D eigenvalue weighted by Gasteiger charge is 2.64. The quantitative estimate of drug-likeness (QED) is 0.408. The van der Waals surface area contributed by atoms with Crippen LogP contribution in [0.5, 0.6) is 5.75 Å². The highest BCUT2D eigenvalue weighted by Crippen LogP contribution is 2.55. The molecule has 5 rings (SSSR count). The van der Waals surface area contributed by atoms with Gasteiger partial charge in [0.05, 0.1) is 11.3 Å². The lowest BCUT2D eigenvalue weighted by Gasteiger charge is -2.50. The highest BCUT2D eigenvalue weighted by atomic mass is 16.3. The number of nitrogens with two attached hydrogens (primary N) is 1. The number of ketones is 2. The summed E-state index contributed by atoms with van der Waals surface area (Å²) < 4.78 is 0. The first-order valence-electron chi connectivity index (χ1n) is 11.7. The number of phenolic OH excluding ortho intramolecular Hbond substituents is 1. The van der Waals surface area contributed by atoms with Crippen molar-refractivity contribution in [3.05, 3.63) is 64.6 Å². The third-order valence-corrected chi connectivity index (χ3v) is 7.79. The van der Waals surface area contributed by atoms with Crippen LogP contribution in [0.15, 0.2) is 53.4 Å². The predicted octanol–water partition coefficient (Wildman–Crippen LogP) is 2.37. The number of aromatic hydroxyl groups is 1. The van der Waals surface area contributed by atoms with Gasteiger partial charge in [0, 0.05) is 29.2 Å². The zero-order valence-corrected chi connectivity index (χ0v) is 19.7. The van der Waals surface area contributed by atoms with Gasteiger partial charge >= 0.3 is 0 Å². The number of hydrogen-bond acceptors (Lipinski definition) is 8. The first kappa shape index (κ1) is 23.7. The van der Waals surface area contributed by atoms with Gasteiger partial charge in [-0.25, -0.2) is 0 Å². The summed E-state index contributed by atoms with van der Waals surface area (Å²) in [6.45, 7) is 3.45. The summed E-state index contributed by atoms with van der Waals surface area (Å²) in [5, 5.41) is 44.5. The van der Waals surface area contributed by atoms with Gasteiger partial charge in [-0.15, -0.1) is 0 Å². The number of aliphatic hydroxyl groups excluding tert-OH is 2. The fraction of sp³-hybridized carbons (Fsp3) is 0.333. The second-order valence-electron chi connectivity index (χ2n) is 10.0. The zero-order chi connectivity index (χ0) is 26.1. The maximum atomic E-state index is 13.8. The average Bonchev–Trinajstić information content (AvgIpc) is 2.81. The first-order valence-corrected chi connectivity index (χ1v) is 11.7. The summed E-state index contributed by atoms with van der Waals surface area (Å²) in [5.41, 5.74) is 3.69. The molecular weight excluding hydrogens is 464 g/mol. The van der Waals surface area contributed by atoms with Crippen LogP contribution in [-0.2, 0) is 20.8 Å². The van der Waals surface area contributed by atoms with Gasteiger partial charge in [-0.1, -0.05) is 19.9 Å². The van der Waals surface area contributed by atoms with E-state index in [0.717, 1.165) is 0 Å². The van der Waals surface area contributed by atoms with Crippen molar-refractivity contribution >= 4 is 23.2 Å². The molecule has 3 aliphatic rings. The molecule has 9 nitrogen and oxygen atoms in total. The molecule has 4 atom stereocenters. The van der Waals surface area contributed by atoms with Gasteiger partial charge in [0.25, 0.3) is 5.91 Å². The minimum Gasteiger partial charge on any atom is -0.508 e. The van der Waals surface area contributed by atoms with E-state index in [4.69, 9.17) is 5.73 Å². The molecule has 1 amide bonds. The molecule has 0 radical (unpaired) electrons. The largest absolute Gasteiger partial charge is 0.508 e. The van der Waals surface area contributed by atoms with Gasteiger partial charge in [-0.2, -0.15) is 0 Å². The minimum absolute atomic E-state index is 0.0469. The lowest BCUT2D eigenvalue weighted by atomic mass is 9.54. The number of rotatable bonds is 3. The van der Waals surface area contributed by atoms with Crippen LogP contribution in [0.3, 0.4) is 0 Å². The van der Waals surface area contributed by atoms with E-state index in [2.05, 4.69) is 4.98 Å². The lowest BCUT2D eigenvalue weighted by Crippen LogP contribution is -2.62. The number of primary amides is 1. The number of benzene rings is 1. The Morgan fingerprint density at radius 2 is 1.86 bits per heavy atom. The Morgan fingerprint density at radius 3 is 2.47 bits per heavy atom.